The zero-order chi connectivity index (χ0) is 20.3. The number of alkyl halides is 3. The summed E-state index contributed by atoms with van der Waals surface area (Å²) in [6.07, 6.45) is -1.39. The zero-order valence-corrected chi connectivity index (χ0v) is 15.2. The van der Waals surface area contributed by atoms with Gasteiger partial charge in [-0.05, 0) is 12.5 Å². The first-order valence-electron chi connectivity index (χ1n) is 8.10. The molecule has 0 bridgehead atoms. The van der Waals surface area contributed by atoms with E-state index < -0.39 is 17.6 Å². The lowest BCUT2D eigenvalue weighted by atomic mass is 10.3. The van der Waals surface area contributed by atoms with E-state index in [1.54, 1.807) is 10.3 Å². The lowest BCUT2D eigenvalue weighted by Gasteiger charge is -2.16. The first kappa shape index (κ1) is 19.7. The number of hydrogen-bond donors (Lipinski definition) is 2. The van der Waals surface area contributed by atoms with E-state index in [4.69, 9.17) is 0 Å². The van der Waals surface area contributed by atoms with Crippen molar-refractivity contribution < 1.29 is 22.8 Å². The highest BCUT2D eigenvalue weighted by Gasteiger charge is 2.32. The summed E-state index contributed by atoms with van der Waals surface area (Å²) in [6, 6.07) is -0.195. The molecule has 0 aromatic carbocycles. The second kappa shape index (κ2) is 7.92. The lowest BCUT2D eigenvalue weighted by Crippen LogP contribution is -2.32. The zero-order valence-electron chi connectivity index (χ0n) is 14.4. The summed E-state index contributed by atoms with van der Waals surface area (Å²) in [7, 11) is 0. The maximum absolute atomic E-state index is 12.5. The van der Waals surface area contributed by atoms with Crippen LogP contribution in [0.15, 0.2) is 30.4 Å². The number of carbonyl (C=O) groups excluding carboxylic acids is 2. The van der Waals surface area contributed by atoms with Crippen molar-refractivity contribution in [3.8, 4) is 0 Å². The molecule has 3 rings (SSSR count). The average molecular weight is 412 g/mol. The van der Waals surface area contributed by atoms with Crippen LogP contribution in [-0.4, -0.2) is 50.8 Å². The van der Waals surface area contributed by atoms with Crippen LogP contribution in [0, 0.1) is 0 Å². The molecule has 1 fully saturated rings. The quantitative estimate of drug-likeness (QED) is 0.732. The summed E-state index contributed by atoms with van der Waals surface area (Å²) in [5, 5.41) is 7.24. The van der Waals surface area contributed by atoms with Crippen molar-refractivity contribution in [2.24, 2.45) is 0 Å². The maximum Gasteiger partial charge on any atom is 0.419 e. The molecule has 2 amide bonds. The van der Waals surface area contributed by atoms with Gasteiger partial charge in [0.05, 0.1) is 5.56 Å². The van der Waals surface area contributed by atoms with Crippen LogP contribution in [0.3, 0.4) is 0 Å². The molecule has 1 atom stereocenters. The van der Waals surface area contributed by atoms with Crippen LogP contribution < -0.4 is 10.6 Å². The van der Waals surface area contributed by atoms with Gasteiger partial charge in [0.25, 0.3) is 5.91 Å². The molecule has 2 aromatic heterocycles. The minimum absolute atomic E-state index is 0.0652. The molecule has 0 aliphatic carbocycles. The molecule has 1 aliphatic heterocycles. The van der Waals surface area contributed by atoms with Crippen LogP contribution in [0.25, 0.3) is 0 Å². The Morgan fingerprint density at radius 2 is 2.04 bits per heavy atom. The summed E-state index contributed by atoms with van der Waals surface area (Å²) in [5.74, 6) is -0.654. The van der Waals surface area contributed by atoms with Crippen LogP contribution in [0.4, 0.5) is 24.3 Å². The number of rotatable bonds is 5. The largest absolute Gasteiger partial charge is 0.419 e. The molecule has 0 unspecified atom stereocenters. The van der Waals surface area contributed by atoms with E-state index in [1.807, 2.05) is 0 Å². The molecule has 148 valence electrons. The van der Waals surface area contributed by atoms with Crippen LogP contribution in [0.1, 0.15) is 22.5 Å². The first-order valence-corrected chi connectivity index (χ1v) is 8.98. The van der Waals surface area contributed by atoms with Crippen molar-refractivity contribution in [3.63, 3.8) is 0 Å². The van der Waals surface area contributed by atoms with E-state index in [2.05, 4.69) is 32.2 Å². The van der Waals surface area contributed by atoms with Gasteiger partial charge >= 0.3 is 6.18 Å². The number of aromatic nitrogens is 3. The second-order valence-electron chi connectivity index (χ2n) is 5.91. The van der Waals surface area contributed by atoms with Gasteiger partial charge in [-0.2, -0.15) is 13.2 Å². The van der Waals surface area contributed by atoms with Gasteiger partial charge in [-0.3, -0.25) is 14.9 Å². The fourth-order valence-corrected chi connectivity index (χ4v) is 3.23. The van der Waals surface area contributed by atoms with Gasteiger partial charge in [0.15, 0.2) is 5.13 Å². The van der Waals surface area contributed by atoms with E-state index in [-0.39, 0.29) is 23.6 Å². The van der Waals surface area contributed by atoms with Crippen LogP contribution in [0.5, 0.6) is 0 Å². The van der Waals surface area contributed by atoms with Crippen molar-refractivity contribution in [3.05, 3.63) is 41.7 Å². The Balaban J connectivity index is 1.57. The highest BCUT2D eigenvalue weighted by molar-refractivity contribution is 7.14. The minimum atomic E-state index is -4.49. The third kappa shape index (κ3) is 4.63. The van der Waals surface area contributed by atoms with Gasteiger partial charge in [0, 0.05) is 36.9 Å². The number of thiazole rings is 1. The van der Waals surface area contributed by atoms with Gasteiger partial charge in [0.1, 0.15) is 5.69 Å². The SMILES string of the molecule is C=CC(=O)Nc1nc(C(=O)N2CC[C@@H](Nc3ncc(C(F)(F)F)cn3)C2)cs1. The molecular formula is C16H15F3N6O2S. The molecule has 0 saturated carbocycles. The van der Waals surface area contributed by atoms with Gasteiger partial charge < -0.3 is 10.2 Å². The molecule has 2 N–H and O–H groups in total. The number of likely N-dealkylation sites (tertiary alicyclic amines) is 1. The standard InChI is InChI=1S/C16H15F3N6O2S/c1-2-12(26)24-15-23-11(8-28-15)13(27)25-4-3-10(7-25)22-14-20-5-9(6-21-14)16(17,18)19/h2,5-6,8,10H,1,3-4,7H2,(H,20,21,22)(H,23,24,26)/t10-/m1/s1. The highest BCUT2D eigenvalue weighted by atomic mass is 32.1. The normalized spacial score (nSPS) is 16.7. The van der Waals surface area contributed by atoms with E-state index in [1.165, 1.54) is 0 Å². The van der Waals surface area contributed by atoms with E-state index in [9.17, 15) is 22.8 Å². The number of hydrogen-bond acceptors (Lipinski definition) is 7. The number of amides is 2. The Bertz CT molecular complexity index is 883. The summed E-state index contributed by atoms with van der Waals surface area (Å²) in [6.45, 7) is 4.11. The average Bonchev–Trinajstić information content (AvgIpc) is 3.30. The van der Waals surface area contributed by atoms with Crippen LogP contribution in [0.2, 0.25) is 0 Å². The van der Waals surface area contributed by atoms with Crippen molar-refractivity contribution in [1.82, 2.24) is 19.9 Å². The molecule has 0 radical (unpaired) electrons. The molecule has 0 spiro atoms. The molecule has 3 heterocycles. The molecule has 28 heavy (non-hydrogen) atoms. The Morgan fingerprint density at radius 1 is 1.32 bits per heavy atom. The smallest absolute Gasteiger partial charge is 0.350 e. The van der Waals surface area contributed by atoms with E-state index in [0.29, 0.717) is 37.0 Å². The molecule has 12 heteroatoms. The topological polar surface area (TPSA) is 100 Å². The van der Waals surface area contributed by atoms with Gasteiger partial charge in [-0.15, -0.1) is 11.3 Å². The monoisotopic (exact) mass is 412 g/mol. The van der Waals surface area contributed by atoms with E-state index in [0.717, 1.165) is 17.4 Å². The summed E-state index contributed by atoms with van der Waals surface area (Å²) in [4.78, 5) is 36.8. The first-order chi connectivity index (χ1) is 13.3. The molecule has 2 aromatic rings. The molecule has 1 saturated heterocycles. The third-order valence-electron chi connectivity index (χ3n) is 3.93. The van der Waals surface area contributed by atoms with Gasteiger partial charge in [-0.1, -0.05) is 6.58 Å². The van der Waals surface area contributed by atoms with Crippen molar-refractivity contribution in [2.75, 3.05) is 23.7 Å². The Morgan fingerprint density at radius 3 is 2.68 bits per heavy atom. The number of nitrogens with zero attached hydrogens (tertiary/aromatic N) is 4. The third-order valence-corrected chi connectivity index (χ3v) is 4.68. The number of nitrogens with one attached hydrogen (secondary N) is 2. The number of carbonyl (C=O) groups is 2. The van der Waals surface area contributed by atoms with E-state index >= 15 is 0 Å². The Hall–Kier alpha value is -3.02. The molecular weight excluding hydrogens is 397 g/mol. The number of anilines is 2. The Labute approximate surface area is 161 Å². The molecule has 8 nitrogen and oxygen atoms in total. The predicted molar refractivity (Wildman–Crippen MR) is 95.9 cm³/mol. The fourth-order valence-electron chi connectivity index (χ4n) is 2.54. The maximum atomic E-state index is 12.5. The molecule has 1 aliphatic rings. The van der Waals surface area contributed by atoms with Crippen LogP contribution in [-0.2, 0) is 11.0 Å². The summed E-state index contributed by atoms with van der Waals surface area (Å²) >= 11 is 1.12. The Kier molecular flexibility index (Phi) is 5.58. The van der Waals surface area contributed by atoms with Gasteiger partial charge in [-0.25, -0.2) is 15.0 Å². The fraction of sp³-hybridized carbons (Fsp3) is 0.312. The van der Waals surface area contributed by atoms with Crippen LogP contribution >= 0.6 is 11.3 Å². The predicted octanol–water partition coefficient (Wildman–Crippen LogP) is 2.40. The lowest BCUT2D eigenvalue weighted by molar-refractivity contribution is -0.138. The number of halogens is 3. The summed E-state index contributed by atoms with van der Waals surface area (Å²) < 4.78 is 37.6. The second-order valence-corrected chi connectivity index (χ2v) is 6.76. The van der Waals surface area contributed by atoms with Crippen molar-refractivity contribution >= 4 is 34.2 Å². The van der Waals surface area contributed by atoms with Gasteiger partial charge in [0.2, 0.25) is 11.9 Å². The highest BCUT2D eigenvalue weighted by Crippen LogP contribution is 2.28. The van der Waals surface area contributed by atoms with Crippen molar-refractivity contribution in [2.45, 2.75) is 18.6 Å². The van der Waals surface area contributed by atoms with Crippen molar-refractivity contribution in [1.29, 1.82) is 0 Å². The minimum Gasteiger partial charge on any atom is -0.350 e. The summed E-state index contributed by atoms with van der Waals surface area (Å²) in [5.41, 5.74) is -0.722.